The summed E-state index contributed by atoms with van der Waals surface area (Å²) < 4.78 is 16.6. The largest absolute Gasteiger partial charge is 0.325 e. The van der Waals surface area contributed by atoms with Crippen LogP contribution in [-0.4, -0.2) is 26.1 Å². The Morgan fingerprint density at radius 2 is 1.87 bits per heavy atom. The molecule has 6 heteroatoms. The summed E-state index contributed by atoms with van der Waals surface area (Å²) in [5.41, 5.74) is 3.73. The van der Waals surface area contributed by atoms with E-state index in [4.69, 9.17) is 4.98 Å². The number of hydrogen-bond donors (Lipinski definition) is 0. The summed E-state index contributed by atoms with van der Waals surface area (Å²) in [4.78, 5) is 6.99. The minimum atomic E-state index is -0.309. The maximum Gasteiger partial charge on any atom is 0.257 e. The second-order valence-electron chi connectivity index (χ2n) is 9.01. The quantitative estimate of drug-likeness (QED) is 0.402. The number of aromatic nitrogens is 4. The van der Waals surface area contributed by atoms with Gasteiger partial charge in [-0.1, -0.05) is 24.0 Å². The van der Waals surface area contributed by atoms with Gasteiger partial charge in [0.05, 0.1) is 5.52 Å². The Balaban J connectivity index is 1.75. The molecule has 0 unspecified atom stereocenters. The van der Waals surface area contributed by atoms with Crippen molar-refractivity contribution in [3.05, 3.63) is 59.2 Å². The average Bonchev–Trinajstić information content (AvgIpc) is 3.11. The number of aryl methyl sites for hydroxylation is 1. The van der Waals surface area contributed by atoms with E-state index in [0.29, 0.717) is 22.9 Å². The Hall–Kier alpha value is -3.46. The Labute approximate surface area is 180 Å². The summed E-state index contributed by atoms with van der Waals surface area (Å²) in [6.45, 7) is 8.95. The van der Waals surface area contributed by atoms with Crippen molar-refractivity contribution in [1.82, 2.24) is 19.6 Å². The standard InChI is InChI=1S/C25H24FN5/c1-16-28-29-24-27-23(19-9-6-11-20(26)22(19)31(16)24)30-15-7-10-18-17(8-5-12-21(18)30)13-14-25(2,3)4/h5-6,8-9,11-12H,7,10,15H2,1-4H3. The lowest BCUT2D eigenvalue weighted by atomic mass is 9.93. The molecule has 1 aliphatic rings. The summed E-state index contributed by atoms with van der Waals surface area (Å²) in [6.07, 6.45) is 1.93. The number of halogens is 1. The molecule has 0 radical (unpaired) electrons. The Morgan fingerprint density at radius 3 is 2.68 bits per heavy atom. The van der Waals surface area contributed by atoms with Gasteiger partial charge in [0.2, 0.25) is 0 Å². The van der Waals surface area contributed by atoms with E-state index in [1.54, 1.807) is 10.5 Å². The first-order valence-corrected chi connectivity index (χ1v) is 10.6. The van der Waals surface area contributed by atoms with Crippen LogP contribution in [0.2, 0.25) is 0 Å². The van der Waals surface area contributed by atoms with E-state index >= 15 is 0 Å². The van der Waals surface area contributed by atoms with Crippen molar-refractivity contribution in [2.24, 2.45) is 5.41 Å². The normalized spacial score (nSPS) is 13.9. The van der Waals surface area contributed by atoms with Crippen molar-refractivity contribution in [1.29, 1.82) is 0 Å². The van der Waals surface area contributed by atoms with Crippen LogP contribution in [0.3, 0.4) is 0 Å². The molecule has 3 heterocycles. The predicted molar refractivity (Wildman–Crippen MR) is 121 cm³/mol. The van der Waals surface area contributed by atoms with Crippen molar-refractivity contribution in [3.63, 3.8) is 0 Å². The molecule has 0 saturated carbocycles. The van der Waals surface area contributed by atoms with Crippen LogP contribution in [0.25, 0.3) is 16.7 Å². The summed E-state index contributed by atoms with van der Waals surface area (Å²) in [5, 5.41) is 9.05. The van der Waals surface area contributed by atoms with Crippen LogP contribution in [0, 0.1) is 30.0 Å². The van der Waals surface area contributed by atoms with Crippen LogP contribution in [0.4, 0.5) is 15.9 Å². The number of nitrogens with zero attached hydrogens (tertiary/aromatic N) is 5. The van der Waals surface area contributed by atoms with Crippen molar-refractivity contribution in [3.8, 4) is 11.8 Å². The minimum Gasteiger partial charge on any atom is -0.325 e. The number of benzene rings is 2. The Bertz CT molecular complexity index is 1380. The second kappa shape index (κ2) is 7.05. The zero-order chi connectivity index (χ0) is 21.8. The smallest absolute Gasteiger partial charge is 0.257 e. The SMILES string of the molecule is Cc1nnc2nc(N3CCCc4c(C#CC(C)(C)C)cccc43)c3cccc(F)c3n12. The first-order chi connectivity index (χ1) is 14.8. The maximum atomic E-state index is 15.0. The molecule has 31 heavy (non-hydrogen) atoms. The van der Waals surface area contributed by atoms with Crippen LogP contribution in [0.15, 0.2) is 36.4 Å². The van der Waals surface area contributed by atoms with E-state index < -0.39 is 0 Å². The molecule has 0 fully saturated rings. The average molecular weight is 414 g/mol. The van der Waals surface area contributed by atoms with Crippen molar-refractivity contribution < 1.29 is 4.39 Å². The third kappa shape index (κ3) is 3.31. The maximum absolute atomic E-state index is 15.0. The summed E-state index contributed by atoms with van der Waals surface area (Å²) in [7, 11) is 0. The number of hydrogen-bond acceptors (Lipinski definition) is 4. The molecule has 0 aliphatic carbocycles. The van der Waals surface area contributed by atoms with E-state index in [1.807, 2.05) is 19.1 Å². The van der Waals surface area contributed by atoms with Gasteiger partial charge in [-0.05, 0) is 70.4 Å². The molecule has 2 aromatic heterocycles. The predicted octanol–water partition coefficient (Wildman–Crippen LogP) is 5.21. The first kappa shape index (κ1) is 19.5. The van der Waals surface area contributed by atoms with E-state index in [-0.39, 0.29) is 11.2 Å². The monoisotopic (exact) mass is 413 g/mol. The number of anilines is 2. The van der Waals surface area contributed by atoms with Gasteiger partial charge < -0.3 is 4.90 Å². The molecule has 2 aromatic carbocycles. The van der Waals surface area contributed by atoms with Crippen molar-refractivity contribution in [2.45, 2.75) is 40.5 Å². The zero-order valence-electron chi connectivity index (χ0n) is 18.2. The lowest BCUT2D eigenvalue weighted by molar-refractivity contribution is 0.571. The molecule has 156 valence electrons. The van der Waals surface area contributed by atoms with Crippen LogP contribution in [0.1, 0.15) is 44.1 Å². The summed E-state index contributed by atoms with van der Waals surface area (Å²) in [6, 6.07) is 11.3. The summed E-state index contributed by atoms with van der Waals surface area (Å²) >= 11 is 0. The van der Waals surface area contributed by atoms with Crippen molar-refractivity contribution >= 4 is 28.2 Å². The molecule has 0 saturated heterocycles. The zero-order valence-corrected chi connectivity index (χ0v) is 18.2. The molecular formula is C25H24FN5. The van der Waals surface area contributed by atoms with Crippen LogP contribution < -0.4 is 4.90 Å². The van der Waals surface area contributed by atoms with E-state index in [2.05, 4.69) is 59.8 Å². The molecule has 4 aromatic rings. The third-order valence-corrected chi connectivity index (χ3v) is 5.54. The fourth-order valence-corrected chi connectivity index (χ4v) is 4.19. The van der Waals surface area contributed by atoms with Gasteiger partial charge in [0, 0.05) is 28.6 Å². The van der Waals surface area contributed by atoms with Gasteiger partial charge >= 0.3 is 0 Å². The van der Waals surface area contributed by atoms with Crippen LogP contribution in [-0.2, 0) is 6.42 Å². The minimum absolute atomic E-state index is 0.0665. The molecule has 0 atom stereocenters. The van der Waals surface area contributed by atoms with Gasteiger partial charge in [-0.2, -0.15) is 4.98 Å². The highest BCUT2D eigenvalue weighted by Crippen LogP contribution is 2.38. The van der Waals surface area contributed by atoms with Crippen LogP contribution >= 0.6 is 0 Å². The fraction of sp³-hybridized carbons (Fsp3) is 0.320. The Kier molecular flexibility index (Phi) is 4.44. The molecule has 0 bridgehead atoms. The number of rotatable bonds is 1. The highest BCUT2D eigenvalue weighted by molar-refractivity contribution is 5.94. The van der Waals surface area contributed by atoms with Gasteiger partial charge in [-0.25, -0.2) is 4.39 Å². The van der Waals surface area contributed by atoms with Gasteiger partial charge in [-0.3, -0.25) is 4.40 Å². The second-order valence-corrected chi connectivity index (χ2v) is 9.01. The highest BCUT2D eigenvalue weighted by atomic mass is 19.1. The molecular weight excluding hydrogens is 389 g/mol. The number of para-hydroxylation sites is 1. The fourth-order valence-electron chi connectivity index (χ4n) is 4.19. The van der Waals surface area contributed by atoms with Gasteiger partial charge in [0.1, 0.15) is 17.5 Å². The Morgan fingerprint density at radius 1 is 1.06 bits per heavy atom. The lowest BCUT2D eigenvalue weighted by Gasteiger charge is -2.32. The van der Waals surface area contributed by atoms with Crippen LogP contribution in [0.5, 0.6) is 0 Å². The van der Waals surface area contributed by atoms with Gasteiger partial charge in [-0.15, -0.1) is 10.2 Å². The molecule has 5 rings (SSSR count). The molecule has 0 amide bonds. The molecule has 0 N–H and O–H groups in total. The first-order valence-electron chi connectivity index (χ1n) is 10.6. The van der Waals surface area contributed by atoms with E-state index in [1.165, 1.54) is 11.6 Å². The molecule has 0 spiro atoms. The molecule has 5 nitrogen and oxygen atoms in total. The van der Waals surface area contributed by atoms with Gasteiger partial charge in [0.15, 0.2) is 0 Å². The van der Waals surface area contributed by atoms with E-state index in [9.17, 15) is 4.39 Å². The van der Waals surface area contributed by atoms with E-state index in [0.717, 1.165) is 36.0 Å². The lowest BCUT2D eigenvalue weighted by Crippen LogP contribution is -2.26. The third-order valence-electron chi connectivity index (χ3n) is 5.54. The number of fused-ring (bicyclic) bond motifs is 4. The van der Waals surface area contributed by atoms with Gasteiger partial charge in [0.25, 0.3) is 5.78 Å². The van der Waals surface area contributed by atoms with Crippen molar-refractivity contribution in [2.75, 3.05) is 11.4 Å². The highest BCUT2D eigenvalue weighted by Gasteiger charge is 2.25. The molecule has 1 aliphatic heterocycles. The summed E-state index contributed by atoms with van der Waals surface area (Å²) in [5.74, 6) is 8.15. The topological polar surface area (TPSA) is 46.3 Å².